The molecule has 1 nitrogen and oxygen atoms in total. The van der Waals surface area contributed by atoms with Crippen LogP contribution in [-0.2, 0) is 0 Å². The van der Waals surface area contributed by atoms with Crippen LogP contribution in [0.5, 0.6) is 0 Å². The van der Waals surface area contributed by atoms with Crippen LogP contribution in [0.4, 0.5) is 0 Å². The Morgan fingerprint density at radius 2 is 2.20 bits per heavy atom. The number of hydrogen-bond acceptors (Lipinski definition) is 1. The third-order valence-corrected chi connectivity index (χ3v) is 1.47. The van der Waals surface area contributed by atoms with Gasteiger partial charge in [-0.05, 0) is 19.8 Å². The maximum absolute atomic E-state index is 9.29. The van der Waals surface area contributed by atoms with E-state index in [9.17, 15) is 5.11 Å². The van der Waals surface area contributed by atoms with Gasteiger partial charge in [0.05, 0.1) is 6.10 Å². The molecule has 0 aromatic rings. The minimum absolute atomic E-state index is 0.155. The summed E-state index contributed by atoms with van der Waals surface area (Å²) in [5, 5.41) is 9.29. The van der Waals surface area contributed by atoms with Gasteiger partial charge in [-0.1, -0.05) is 25.3 Å². The zero-order valence-electron chi connectivity index (χ0n) is 7.06. The summed E-state index contributed by atoms with van der Waals surface area (Å²) in [5.74, 6) is 0. The van der Waals surface area contributed by atoms with E-state index < -0.39 is 0 Å². The highest BCUT2D eigenvalue weighted by molar-refractivity contribution is 4.90. The second kappa shape index (κ2) is 5.48. The molecule has 0 aromatic heterocycles. The Kier molecular flexibility index (Phi) is 5.32. The quantitative estimate of drug-likeness (QED) is 0.585. The minimum Gasteiger partial charge on any atom is -0.393 e. The Hall–Kier alpha value is -0.300. The highest BCUT2D eigenvalue weighted by Crippen LogP contribution is 2.08. The summed E-state index contributed by atoms with van der Waals surface area (Å²) in [6.07, 6.45) is 3.81. The number of hydrogen-bond donors (Lipinski definition) is 1. The SMILES string of the molecule is C=C(C)CC(O)CCCC. The number of aliphatic hydroxyl groups excluding tert-OH is 1. The molecule has 1 unspecified atom stereocenters. The summed E-state index contributed by atoms with van der Waals surface area (Å²) in [6, 6.07) is 0. The van der Waals surface area contributed by atoms with Crippen molar-refractivity contribution in [3.63, 3.8) is 0 Å². The Bertz CT molecular complexity index is 96.9. The summed E-state index contributed by atoms with van der Waals surface area (Å²) in [5.41, 5.74) is 1.07. The predicted octanol–water partition coefficient (Wildman–Crippen LogP) is 2.50. The molecule has 0 amide bonds. The van der Waals surface area contributed by atoms with Gasteiger partial charge < -0.3 is 5.11 Å². The van der Waals surface area contributed by atoms with Gasteiger partial charge in [0.1, 0.15) is 0 Å². The van der Waals surface area contributed by atoms with Crippen LogP contribution >= 0.6 is 0 Å². The van der Waals surface area contributed by atoms with E-state index in [1.165, 1.54) is 0 Å². The second-order valence-corrected chi connectivity index (χ2v) is 2.96. The monoisotopic (exact) mass is 142 g/mol. The van der Waals surface area contributed by atoms with Crippen molar-refractivity contribution in [1.82, 2.24) is 0 Å². The molecule has 10 heavy (non-hydrogen) atoms. The highest BCUT2D eigenvalue weighted by atomic mass is 16.3. The lowest BCUT2D eigenvalue weighted by molar-refractivity contribution is 0.162. The van der Waals surface area contributed by atoms with Crippen molar-refractivity contribution in [3.05, 3.63) is 12.2 Å². The first-order valence-electron chi connectivity index (χ1n) is 3.99. The van der Waals surface area contributed by atoms with E-state index in [0.29, 0.717) is 0 Å². The summed E-state index contributed by atoms with van der Waals surface area (Å²) in [7, 11) is 0. The fraction of sp³-hybridized carbons (Fsp3) is 0.778. The predicted molar refractivity (Wildman–Crippen MR) is 45.0 cm³/mol. The molecular formula is C9H18O. The molecule has 0 aliphatic rings. The molecule has 0 spiro atoms. The average Bonchev–Trinajstić information content (AvgIpc) is 1.82. The van der Waals surface area contributed by atoms with Crippen LogP contribution in [-0.4, -0.2) is 11.2 Å². The van der Waals surface area contributed by atoms with Gasteiger partial charge in [0.2, 0.25) is 0 Å². The number of unbranched alkanes of at least 4 members (excludes halogenated alkanes) is 1. The number of rotatable bonds is 5. The van der Waals surface area contributed by atoms with E-state index >= 15 is 0 Å². The van der Waals surface area contributed by atoms with Gasteiger partial charge in [-0.15, -0.1) is 6.58 Å². The summed E-state index contributed by atoms with van der Waals surface area (Å²) >= 11 is 0. The lowest BCUT2D eigenvalue weighted by Crippen LogP contribution is -2.05. The fourth-order valence-corrected chi connectivity index (χ4v) is 0.944. The van der Waals surface area contributed by atoms with Crippen LogP contribution in [0.25, 0.3) is 0 Å². The molecular weight excluding hydrogens is 124 g/mol. The van der Waals surface area contributed by atoms with Crippen LogP contribution in [0.1, 0.15) is 39.5 Å². The van der Waals surface area contributed by atoms with Gasteiger partial charge >= 0.3 is 0 Å². The molecule has 0 saturated carbocycles. The molecule has 0 fully saturated rings. The Morgan fingerprint density at radius 3 is 2.60 bits per heavy atom. The number of aliphatic hydroxyl groups is 1. The van der Waals surface area contributed by atoms with E-state index in [1.54, 1.807) is 0 Å². The smallest absolute Gasteiger partial charge is 0.0577 e. The zero-order chi connectivity index (χ0) is 7.98. The van der Waals surface area contributed by atoms with Crippen LogP contribution in [0.3, 0.4) is 0 Å². The Morgan fingerprint density at radius 1 is 1.60 bits per heavy atom. The zero-order valence-corrected chi connectivity index (χ0v) is 7.06. The third kappa shape index (κ3) is 5.83. The van der Waals surface area contributed by atoms with Gasteiger partial charge in [-0.25, -0.2) is 0 Å². The van der Waals surface area contributed by atoms with Crippen molar-refractivity contribution in [2.45, 2.75) is 45.6 Å². The molecule has 0 bridgehead atoms. The molecule has 60 valence electrons. The first-order chi connectivity index (χ1) is 4.66. The molecule has 1 heteroatoms. The summed E-state index contributed by atoms with van der Waals surface area (Å²) < 4.78 is 0. The molecule has 0 aromatic carbocycles. The average molecular weight is 142 g/mol. The minimum atomic E-state index is -0.155. The third-order valence-electron chi connectivity index (χ3n) is 1.47. The van der Waals surface area contributed by atoms with Crippen molar-refractivity contribution >= 4 is 0 Å². The largest absolute Gasteiger partial charge is 0.393 e. The maximum atomic E-state index is 9.29. The molecule has 0 rings (SSSR count). The summed E-state index contributed by atoms with van der Waals surface area (Å²) in [4.78, 5) is 0. The van der Waals surface area contributed by atoms with Crippen molar-refractivity contribution in [2.24, 2.45) is 0 Å². The molecule has 0 aliphatic heterocycles. The van der Waals surface area contributed by atoms with Crippen molar-refractivity contribution in [3.8, 4) is 0 Å². The van der Waals surface area contributed by atoms with Gasteiger partial charge in [0.15, 0.2) is 0 Å². The van der Waals surface area contributed by atoms with Gasteiger partial charge in [-0.2, -0.15) is 0 Å². The van der Waals surface area contributed by atoms with Crippen LogP contribution < -0.4 is 0 Å². The van der Waals surface area contributed by atoms with Crippen LogP contribution in [0.15, 0.2) is 12.2 Å². The van der Waals surface area contributed by atoms with Crippen LogP contribution in [0.2, 0.25) is 0 Å². The van der Waals surface area contributed by atoms with E-state index in [0.717, 1.165) is 31.3 Å². The Labute approximate surface area is 63.8 Å². The standard InChI is InChI=1S/C9H18O/c1-4-5-6-9(10)7-8(2)3/h9-10H,2,4-7H2,1,3H3. The first-order valence-corrected chi connectivity index (χ1v) is 3.99. The molecule has 0 radical (unpaired) electrons. The van der Waals surface area contributed by atoms with Gasteiger partial charge in [0, 0.05) is 0 Å². The van der Waals surface area contributed by atoms with Gasteiger partial charge in [-0.3, -0.25) is 0 Å². The van der Waals surface area contributed by atoms with E-state index in [4.69, 9.17) is 0 Å². The van der Waals surface area contributed by atoms with Crippen molar-refractivity contribution < 1.29 is 5.11 Å². The topological polar surface area (TPSA) is 20.2 Å². The highest BCUT2D eigenvalue weighted by Gasteiger charge is 2.01. The normalized spacial score (nSPS) is 13.1. The van der Waals surface area contributed by atoms with Crippen molar-refractivity contribution in [2.75, 3.05) is 0 Å². The first kappa shape index (κ1) is 9.70. The maximum Gasteiger partial charge on any atom is 0.0577 e. The molecule has 1 atom stereocenters. The Balaban J connectivity index is 3.25. The second-order valence-electron chi connectivity index (χ2n) is 2.96. The summed E-state index contributed by atoms with van der Waals surface area (Å²) in [6.45, 7) is 7.83. The molecule has 0 aliphatic carbocycles. The van der Waals surface area contributed by atoms with E-state index in [1.807, 2.05) is 6.92 Å². The van der Waals surface area contributed by atoms with E-state index in [2.05, 4.69) is 13.5 Å². The lowest BCUT2D eigenvalue weighted by Gasteiger charge is -2.08. The molecule has 0 saturated heterocycles. The fourth-order valence-electron chi connectivity index (χ4n) is 0.944. The molecule has 1 N–H and O–H groups in total. The van der Waals surface area contributed by atoms with Crippen LogP contribution in [0, 0.1) is 0 Å². The van der Waals surface area contributed by atoms with E-state index in [-0.39, 0.29) is 6.10 Å². The lowest BCUT2D eigenvalue weighted by atomic mass is 10.1. The molecule has 0 heterocycles. The van der Waals surface area contributed by atoms with Gasteiger partial charge in [0.25, 0.3) is 0 Å². The van der Waals surface area contributed by atoms with Crippen molar-refractivity contribution in [1.29, 1.82) is 0 Å².